The summed E-state index contributed by atoms with van der Waals surface area (Å²) in [6.07, 6.45) is 14.8. The van der Waals surface area contributed by atoms with Crippen molar-refractivity contribution in [2.24, 2.45) is 0 Å². The van der Waals surface area contributed by atoms with Crippen molar-refractivity contribution in [2.75, 3.05) is 0 Å². The maximum atomic E-state index is 5.24. The van der Waals surface area contributed by atoms with Crippen molar-refractivity contribution in [3.05, 3.63) is 12.0 Å². The molecule has 3 heteroatoms. The summed E-state index contributed by atoms with van der Waals surface area (Å²) in [5.74, 6) is 1.41. The molecule has 0 unspecified atom stereocenters. The molecule has 0 amide bonds. The van der Waals surface area contributed by atoms with Crippen LogP contribution in [0.5, 0.6) is 0 Å². The Morgan fingerprint density at radius 1 is 0.955 bits per heavy atom. The monoisotopic (exact) mass is 412 g/mol. The van der Waals surface area contributed by atoms with Crippen LogP contribution in [-0.2, 0) is 13.0 Å². The maximum absolute atomic E-state index is 5.24. The molecule has 1 aromatic heterocycles. The van der Waals surface area contributed by atoms with Gasteiger partial charge in [0.1, 0.15) is 0 Å². The van der Waals surface area contributed by atoms with Crippen LogP contribution in [-0.4, -0.2) is 27.9 Å². The standard InChI is InChI=1S/C7H9N2.3C4H9.Sn/c1-2-5-9-6-4-8-7(9)3-1;3*1-3-4-2;/h6H,1-3,5H2;3*1,3-4H2,2H3;. The van der Waals surface area contributed by atoms with Crippen molar-refractivity contribution in [1.82, 2.24) is 9.55 Å². The molecule has 0 bridgehead atoms. The van der Waals surface area contributed by atoms with E-state index >= 15 is 0 Å². The van der Waals surface area contributed by atoms with Gasteiger partial charge in [-0.25, -0.2) is 0 Å². The summed E-state index contributed by atoms with van der Waals surface area (Å²) in [5.41, 5.74) is 0. The second kappa shape index (κ2) is 9.34. The van der Waals surface area contributed by atoms with E-state index in [-0.39, 0.29) is 0 Å². The molecule has 2 nitrogen and oxygen atoms in total. The summed E-state index contributed by atoms with van der Waals surface area (Å²) in [7, 11) is 0. The number of imidazole rings is 1. The third-order valence-corrected chi connectivity index (χ3v) is 20.5. The average molecular weight is 411 g/mol. The number of hydrogen-bond donors (Lipinski definition) is 0. The van der Waals surface area contributed by atoms with E-state index in [1.165, 1.54) is 70.2 Å². The number of fused-ring (bicyclic) bond motifs is 1. The molecule has 1 aliphatic heterocycles. The quantitative estimate of drug-likeness (QED) is 0.480. The Kier molecular flexibility index (Phi) is 7.79. The Morgan fingerprint density at radius 3 is 2.05 bits per heavy atom. The molecule has 0 N–H and O–H groups in total. The number of unbranched alkanes of at least 4 members (excludes halogenated alkanes) is 3. The second-order valence-corrected chi connectivity index (χ2v) is 20.3. The molecule has 2 heterocycles. The molecule has 0 atom stereocenters. The van der Waals surface area contributed by atoms with E-state index < -0.39 is 18.4 Å². The fraction of sp³-hybridized carbons (Fsp3) is 0.842. The molecule has 2 rings (SSSR count). The van der Waals surface area contributed by atoms with Crippen LogP contribution < -0.4 is 3.71 Å². The molecule has 1 aromatic rings. The third kappa shape index (κ3) is 4.52. The van der Waals surface area contributed by atoms with E-state index in [9.17, 15) is 0 Å². The van der Waals surface area contributed by atoms with Gasteiger partial charge in [0.2, 0.25) is 0 Å². The Morgan fingerprint density at radius 2 is 1.55 bits per heavy atom. The summed E-state index contributed by atoms with van der Waals surface area (Å²) < 4.78 is 8.78. The van der Waals surface area contributed by atoms with E-state index in [0.717, 1.165) is 0 Å². The van der Waals surface area contributed by atoms with Crippen molar-refractivity contribution < 1.29 is 0 Å². The van der Waals surface area contributed by atoms with Crippen LogP contribution in [0.4, 0.5) is 0 Å². The first-order valence-electron chi connectivity index (χ1n) is 9.82. The molecule has 0 aliphatic carbocycles. The Hall–Kier alpha value is 0.00870. The van der Waals surface area contributed by atoms with Gasteiger partial charge in [0.05, 0.1) is 0 Å². The molecule has 126 valence electrons. The van der Waals surface area contributed by atoms with Gasteiger partial charge in [-0.3, -0.25) is 0 Å². The Balaban J connectivity index is 2.27. The van der Waals surface area contributed by atoms with Gasteiger partial charge < -0.3 is 0 Å². The Labute approximate surface area is 142 Å². The molecule has 0 saturated carbocycles. The summed E-state index contributed by atoms with van der Waals surface area (Å²) in [4.78, 5) is 5.24. The van der Waals surface area contributed by atoms with Crippen LogP contribution in [0.25, 0.3) is 0 Å². The van der Waals surface area contributed by atoms with Crippen LogP contribution in [0, 0.1) is 0 Å². The molecule has 22 heavy (non-hydrogen) atoms. The van der Waals surface area contributed by atoms with Gasteiger partial charge in [0.25, 0.3) is 0 Å². The minimum atomic E-state index is -2.27. The summed E-state index contributed by atoms with van der Waals surface area (Å²) in [5, 5.41) is 0. The zero-order chi connectivity index (χ0) is 15.8. The summed E-state index contributed by atoms with van der Waals surface area (Å²) in [6.45, 7) is 8.29. The Bertz CT molecular complexity index is 393. The number of aryl methyl sites for hydroxylation is 2. The molecular formula is C19H36N2Sn. The number of rotatable bonds is 10. The van der Waals surface area contributed by atoms with Gasteiger partial charge in [0, 0.05) is 0 Å². The minimum absolute atomic E-state index is 1.22. The van der Waals surface area contributed by atoms with E-state index in [2.05, 4.69) is 31.5 Å². The van der Waals surface area contributed by atoms with Crippen LogP contribution in [0.15, 0.2) is 6.20 Å². The molecule has 0 spiro atoms. The van der Waals surface area contributed by atoms with Crippen LogP contribution in [0.2, 0.25) is 13.3 Å². The van der Waals surface area contributed by atoms with Crippen LogP contribution in [0.1, 0.15) is 78.0 Å². The van der Waals surface area contributed by atoms with Crippen molar-refractivity contribution in [3.8, 4) is 0 Å². The van der Waals surface area contributed by atoms with E-state index in [1.807, 2.05) is 0 Å². The first-order chi connectivity index (χ1) is 10.8. The molecule has 0 radical (unpaired) electrons. The van der Waals surface area contributed by atoms with Gasteiger partial charge in [-0.05, 0) is 0 Å². The van der Waals surface area contributed by atoms with Gasteiger partial charge in [-0.15, -0.1) is 0 Å². The predicted molar refractivity (Wildman–Crippen MR) is 99.7 cm³/mol. The number of hydrogen-bond acceptors (Lipinski definition) is 1. The number of nitrogens with zero attached hydrogens (tertiary/aromatic N) is 2. The number of aromatic nitrogens is 2. The van der Waals surface area contributed by atoms with E-state index in [0.29, 0.717) is 0 Å². The first kappa shape index (κ1) is 18.3. The van der Waals surface area contributed by atoms with Crippen molar-refractivity contribution in [2.45, 2.75) is 98.4 Å². The first-order valence-corrected chi connectivity index (χ1v) is 17.3. The normalized spacial score (nSPS) is 15.0. The van der Waals surface area contributed by atoms with E-state index in [4.69, 9.17) is 4.98 Å². The molecule has 0 aromatic carbocycles. The van der Waals surface area contributed by atoms with Gasteiger partial charge >= 0.3 is 142 Å². The fourth-order valence-corrected chi connectivity index (χ4v) is 19.4. The summed E-state index contributed by atoms with van der Waals surface area (Å²) >= 11 is -2.27. The van der Waals surface area contributed by atoms with Crippen LogP contribution >= 0.6 is 0 Å². The summed E-state index contributed by atoms with van der Waals surface area (Å²) in [6, 6.07) is 0. The molecule has 0 fully saturated rings. The van der Waals surface area contributed by atoms with E-state index in [1.54, 1.807) is 17.0 Å². The molecule has 0 saturated heterocycles. The average Bonchev–Trinajstić information content (AvgIpc) is 2.99. The topological polar surface area (TPSA) is 17.8 Å². The fourth-order valence-electron chi connectivity index (χ4n) is 3.97. The van der Waals surface area contributed by atoms with Crippen molar-refractivity contribution >= 4 is 22.1 Å². The van der Waals surface area contributed by atoms with Crippen molar-refractivity contribution in [1.29, 1.82) is 0 Å². The molecular weight excluding hydrogens is 375 g/mol. The predicted octanol–water partition coefficient (Wildman–Crippen LogP) is 5.28. The zero-order valence-corrected chi connectivity index (χ0v) is 18.0. The second-order valence-electron chi connectivity index (χ2n) is 7.28. The van der Waals surface area contributed by atoms with Crippen molar-refractivity contribution in [3.63, 3.8) is 0 Å². The molecule has 1 aliphatic rings. The van der Waals surface area contributed by atoms with Gasteiger partial charge in [-0.1, -0.05) is 0 Å². The van der Waals surface area contributed by atoms with Gasteiger partial charge in [-0.2, -0.15) is 0 Å². The zero-order valence-electron chi connectivity index (χ0n) is 15.2. The van der Waals surface area contributed by atoms with Gasteiger partial charge in [0.15, 0.2) is 0 Å². The van der Waals surface area contributed by atoms with Crippen LogP contribution in [0.3, 0.4) is 0 Å². The third-order valence-electron chi connectivity index (χ3n) is 5.48. The SMILES string of the molecule is CCC[CH2][Sn]([CH2]CCC)([CH2]CCC)[c]1cn2c(n1)CCCC2.